The summed E-state index contributed by atoms with van der Waals surface area (Å²) in [7, 11) is 1.47. The van der Waals surface area contributed by atoms with Crippen molar-refractivity contribution in [3.8, 4) is 17.0 Å². The molecule has 1 saturated heterocycles. The van der Waals surface area contributed by atoms with Crippen molar-refractivity contribution in [1.29, 1.82) is 0 Å². The van der Waals surface area contributed by atoms with Crippen LogP contribution in [-0.2, 0) is 15.7 Å². The van der Waals surface area contributed by atoms with E-state index in [1.807, 2.05) is 0 Å². The number of hydrogen-bond acceptors (Lipinski definition) is 6. The molecule has 4 rings (SSSR count). The molecule has 0 atom stereocenters. The molecule has 37 heavy (non-hydrogen) atoms. The maximum absolute atomic E-state index is 13.5. The normalized spacial score (nSPS) is 14.7. The number of benzene rings is 1. The lowest BCUT2D eigenvalue weighted by Crippen LogP contribution is -2.47. The number of rotatable bonds is 7. The fourth-order valence-corrected chi connectivity index (χ4v) is 4.52. The number of carbonyl (C=O) groups is 2. The number of H-pyrrole nitrogens is 1. The number of piperidine rings is 1. The standard InChI is InChI=1S/C25H28F3N5O4/c1-4-37-18-6-5-15(25(26,27)28)11-17(18)21-23-22(30-13-29-21)20(14(2)31-23)24(35)32-16-7-9-33(10-8-16)19(34)12-36-3/h5-6,11,13,16,31H,4,7-10,12H2,1-3H3,(H,32,35). The van der Waals surface area contributed by atoms with Gasteiger partial charge in [0.1, 0.15) is 29.9 Å². The minimum Gasteiger partial charge on any atom is -0.493 e. The number of aryl methyl sites for hydroxylation is 1. The van der Waals surface area contributed by atoms with Crippen LogP contribution in [-0.4, -0.2) is 71.1 Å². The number of hydrogen-bond donors (Lipinski definition) is 2. The molecule has 2 amide bonds. The number of carbonyl (C=O) groups excluding carboxylic acids is 2. The van der Waals surface area contributed by atoms with Gasteiger partial charge < -0.3 is 24.7 Å². The first kappa shape index (κ1) is 26.4. The van der Waals surface area contributed by atoms with Crippen LogP contribution in [0, 0.1) is 6.92 Å². The second kappa shape index (κ2) is 10.8. The number of methoxy groups -OCH3 is 1. The van der Waals surface area contributed by atoms with Crippen molar-refractivity contribution in [1.82, 2.24) is 25.2 Å². The molecule has 2 N–H and O–H groups in total. The van der Waals surface area contributed by atoms with E-state index in [4.69, 9.17) is 9.47 Å². The highest BCUT2D eigenvalue weighted by atomic mass is 19.4. The number of aromatic amines is 1. The monoisotopic (exact) mass is 519 g/mol. The minimum absolute atomic E-state index is 0.0183. The molecule has 0 saturated carbocycles. The number of nitrogens with zero attached hydrogens (tertiary/aromatic N) is 3. The summed E-state index contributed by atoms with van der Waals surface area (Å²) in [6, 6.07) is 3.07. The SMILES string of the molecule is CCOc1ccc(C(F)(F)F)cc1-c1ncnc2c(C(=O)NC3CCN(C(=O)COC)CC3)c(C)[nH]c12. The number of likely N-dealkylation sites (tertiary alicyclic amines) is 1. The van der Waals surface area contributed by atoms with Crippen molar-refractivity contribution in [2.45, 2.75) is 38.9 Å². The van der Waals surface area contributed by atoms with E-state index in [1.165, 1.54) is 19.5 Å². The molecule has 2 aromatic heterocycles. The molecule has 9 nitrogen and oxygen atoms in total. The Hall–Kier alpha value is -3.67. The van der Waals surface area contributed by atoms with Gasteiger partial charge in [0.05, 0.1) is 23.3 Å². The van der Waals surface area contributed by atoms with Crippen molar-refractivity contribution in [3.63, 3.8) is 0 Å². The van der Waals surface area contributed by atoms with E-state index >= 15 is 0 Å². The third kappa shape index (κ3) is 5.53. The zero-order valence-electron chi connectivity index (χ0n) is 20.7. The number of alkyl halides is 3. The number of amides is 2. The topological polar surface area (TPSA) is 109 Å². The van der Waals surface area contributed by atoms with Gasteiger partial charge in [-0.25, -0.2) is 9.97 Å². The van der Waals surface area contributed by atoms with Gasteiger partial charge in [-0.2, -0.15) is 13.2 Å². The summed E-state index contributed by atoms with van der Waals surface area (Å²) in [5.74, 6) is -0.210. The Kier molecular flexibility index (Phi) is 7.67. The predicted molar refractivity (Wildman–Crippen MR) is 129 cm³/mol. The van der Waals surface area contributed by atoms with Crippen LogP contribution >= 0.6 is 0 Å². The van der Waals surface area contributed by atoms with Gasteiger partial charge in [0.15, 0.2) is 0 Å². The van der Waals surface area contributed by atoms with Crippen LogP contribution in [0.25, 0.3) is 22.3 Å². The van der Waals surface area contributed by atoms with Gasteiger partial charge >= 0.3 is 6.18 Å². The number of nitrogens with one attached hydrogen (secondary N) is 2. The smallest absolute Gasteiger partial charge is 0.416 e. The van der Waals surface area contributed by atoms with Gasteiger partial charge in [0.2, 0.25) is 5.91 Å². The average molecular weight is 520 g/mol. The highest BCUT2D eigenvalue weighted by Crippen LogP contribution is 2.39. The number of fused-ring (bicyclic) bond motifs is 1. The summed E-state index contributed by atoms with van der Waals surface area (Å²) in [5.41, 5.74) is 0.942. The Morgan fingerprint density at radius 3 is 2.59 bits per heavy atom. The van der Waals surface area contributed by atoms with Gasteiger partial charge in [-0.1, -0.05) is 0 Å². The minimum atomic E-state index is -4.55. The summed E-state index contributed by atoms with van der Waals surface area (Å²) in [6.45, 7) is 4.70. The Morgan fingerprint density at radius 1 is 1.22 bits per heavy atom. The molecule has 0 aliphatic carbocycles. The van der Waals surface area contributed by atoms with Crippen LogP contribution in [0.15, 0.2) is 24.5 Å². The van der Waals surface area contributed by atoms with Gasteiger partial charge in [0.25, 0.3) is 5.91 Å². The average Bonchev–Trinajstić information content (AvgIpc) is 3.20. The first-order valence-corrected chi connectivity index (χ1v) is 11.9. The Bertz CT molecular complexity index is 1300. The molecule has 12 heteroatoms. The molecular weight excluding hydrogens is 491 g/mol. The van der Waals surface area contributed by atoms with E-state index in [0.717, 1.165) is 12.1 Å². The van der Waals surface area contributed by atoms with Crippen molar-refractivity contribution < 1.29 is 32.2 Å². The lowest BCUT2D eigenvalue weighted by atomic mass is 10.0. The molecular formula is C25H28F3N5O4. The second-order valence-electron chi connectivity index (χ2n) is 8.77. The summed E-state index contributed by atoms with van der Waals surface area (Å²) >= 11 is 0. The van der Waals surface area contributed by atoms with E-state index in [0.29, 0.717) is 48.2 Å². The van der Waals surface area contributed by atoms with Crippen molar-refractivity contribution in [3.05, 3.63) is 41.3 Å². The van der Waals surface area contributed by atoms with Crippen LogP contribution in [0.2, 0.25) is 0 Å². The van der Waals surface area contributed by atoms with Crippen LogP contribution in [0.1, 0.15) is 41.4 Å². The highest BCUT2D eigenvalue weighted by Gasteiger charge is 2.32. The predicted octanol–water partition coefficient (Wildman–Crippen LogP) is 3.72. The Morgan fingerprint density at radius 2 is 1.95 bits per heavy atom. The van der Waals surface area contributed by atoms with Crippen LogP contribution < -0.4 is 10.1 Å². The molecule has 1 fully saturated rings. The molecule has 0 radical (unpaired) electrons. The third-order valence-electron chi connectivity index (χ3n) is 6.31. The first-order valence-electron chi connectivity index (χ1n) is 11.9. The van der Waals surface area contributed by atoms with E-state index in [2.05, 4.69) is 20.3 Å². The summed E-state index contributed by atoms with van der Waals surface area (Å²) < 4.78 is 50.8. The molecule has 1 aliphatic rings. The van der Waals surface area contributed by atoms with Crippen molar-refractivity contribution in [2.75, 3.05) is 33.4 Å². The quantitative estimate of drug-likeness (QED) is 0.493. The zero-order valence-corrected chi connectivity index (χ0v) is 20.7. The summed E-state index contributed by atoms with van der Waals surface area (Å²) in [5, 5.41) is 3.00. The molecule has 0 unspecified atom stereocenters. The van der Waals surface area contributed by atoms with Gasteiger partial charge in [-0.15, -0.1) is 0 Å². The van der Waals surface area contributed by atoms with Gasteiger partial charge in [0, 0.05) is 37.5 Å². The van der Waals surface area contributed by atoms with E-state index in [1.54, 1.807) is 18.7 Å². The van der Waals surface area contributed by atoms with Crippen LogP contribution in [0.4, 0.5) is 13.2 Å². The Labute approximate surface area is 211 Å². The summed E-state index contributed by atoms with van der Waals surface area (Å²) in [6.07, 6.45) is -2.15. The first-order chi connectivity index (χ1) is 17.6. The molecule has 1 aromatic carbocycles. The van der Waals surface area contributed by atoms with Gasteiger partial charge in [-0.05, 0) is 44.9 Å². The number of aromatic nitrogens is 3. The molecule has 0 bridgehead atoms. The van der Waals surface area contributed by atoms with Crippen LogP contribution in [0.5, 0.6) is 5.75 Å². The Balaban J connectivity index is 1.63. The maximum Gasteiger partial charge on any atom is 0.416 e. The molecule has 3 heterocycles. The van der Waals surface area contributed by atoms with E-state index in [-0.39, 0.29) is 48.1 Å². The number of halogens is 3. The summed E-state index contributed by atoms with van der Waals surface area (Å²) in [4.78, 5) is 38.6. The maximum atomic E-state index is 13.5. The van der Waals surface area contributed by atoms with E-state index < -0.39 is 11.7 Å². The van der Waals surface area contributed by atoms with Gasteiger partial charge in [-0.3, -0.25) is 9.59 Å². The molecule has 0 spiro atoms. The second-order valence-corrected chi connectivity index (χ2v) is 8.77. The lowest BCUT2D eigenvalue weighted by Gasteiger charge is -2.32. The molecule has 198 valence electrons. The van der Waals surface area contributed by atoms with Crippen molar-refractivity contribution in [2.24, 2.45) is 0 Å². The zero-order chi connectivity index (χ0) is 26.7. The fourth-order valence-electron chi connectivity index (χ4n) is 4.52. The van der Waals surface area contributed by atoms with Crippen molar-refractivity contribution >= 4 is 22.8 Å². The van der Waals surface area contributed by atoms with Crippen LogP contribution in [0.3, 0.4) is 0 Å². The number of ether oxygens (including phenoxy) is 2. The highest BCUT2D eigenvalue weighted by molar-refractivity contribution is 6.09. The third-order valence-corrected chi connectivity index (χ3v) is 6.31. The van der Waals surface area contributed by atoms with E-state index in [9.17, 15) is 22.8 Å². The largest absolute Gasteiger partial charge is 0.493 e. The fraction of sp³-hybridized carbons (Fsp3) is 0.440. The molecule has 3 aromatic rings. The molecule has 1 aliphatic heterocycles. The lowest BCUT2D eigenvalue weighted by molar-refractivity contribution is -0.137.